The summed E-state index contributed by atoms with van der Waals surface area (Å²) in [6.45, 7) is 8.14. The summed E-state index contributed by atoms with van der Waals surface area (Å²) < 4.78 is 2.21. The fraction of sp³-hybridized carbons (Fsp3) is 0. The number of hydrogen-bond donors (Lipinski definition) is 0. The highest BCUT2D eigenvalue weighted by atomic mass is 15.0. The predicted octanol–water partition coefficient (Wildman–Crippen LogP) is 15.3. The van der Waals surface area contributed by atoms with Crippen LogP contribution < -0.4 is 0 Å². The van der Waals surface area contributed by atoms with Crippen LogP contribution in [-0.4, -0.2) is 29.5 Å². The minimum absolute atomic E-state index is 0.359. The van der Waals surface area contributed by atoms with Gasteiger partial charge in [0.15, 0.2) is 29.0 Å². The number of hydrogen-bond acceptors (Lipinski definition) is 8. The van der Waals surface area contributed by atoms with Crippen LogP contribution in [0.5, 0.6) is 0 Å². The van der Waals surface area contributed by atoms with E-state index in [2.05, 4.69) is 64.0 Å². The predicted molar refractivity (Wildman–Crippen MR) is 294 cm³/mol. The Morgan fingerprint density at radius 2 is 0.827 bits per heavy atom. The van der Waals surface area contributed by atoms with Crippen molar-refractivity contribution >= 4 is 27.5 Å². The first-order valence-electron chi connectivity index (χ1n) is 23.9. The number of fused-ring (bicyclic) bond motifs is 3. The molecule has 10 nitrogen and oxygen atoms in total. The molecule has 0 amide bonds. The van der Waals surface area contributed by atoms with E-state index in [4.69, 9.17) is 31.5 Å². The van der Waals surface area contributed by atoms with Crippen LogP contribution in [0.15, 0.2) is 218 Å². The number of nitrogens with zero attached hydrogens (tertiary/aromatic N) is 10. The second kappa shape index (κ2) is 19.2. The summed E-state index contributed by atoms with van der Waals surface area (Å²) in [4.78, 5) is 29.7. The lowest BCUT2D eigenvalue weighted by molar-refractivity contribution is 1.07. The Bertz CT molecular complexity index is 4140. The van der Waals surface area contributed by atoms with Crippen molar-refractivity contribution in [2.75, 3.05) is 0 Å². The number of rotatable bonds is 9. The molecule has 75 heavy (non-hydrogen) atoms. The highest BCUT2D eigenvalue weighted by molar-refractivity contribution is 6.12. The molecular formula is C65H36N10. The summed E-state index contributed by atoms with van der Waals surface area (Å²) in [5.41, 5.74) is 13.1. The maximum atomic E-state index is 10.4. The zero-order valence-corrected chi connectivity index (χ0v) is 39.8. The lowest BCUT2D eigenvalue weighted by atomic mass is 9.97. The van der Waals surface area contributed by atoms with Crippen molar-refractivity contribution in [1.82, 2.24) is 29.5 Å². The third kappa shape index (κ3) is 8.45. The molecule has 9 aromatic carbocycles. The average Bonchev–Trinajstić information content (AvgIpc) is 3.87. The van der Waals surface area contributed by atoms with E-state index < -0.39 is 0 Å². The second-order valence-corrected chi connectivity index (χ2v) is 17.7. The van der Waals surface area contributed by atoms with Gasteiger partial charge in [0.05, 0.1) is 64.0 Å². The second-order valence-electron chi connectivity index (χ2n) is 17.7. The lowest BCUT2D eigenvalue weighted by Gasteiger charge is -2.18. The molecule has 0 fully saturated rings. The summed E-state index contributed by atoms with van der Waals surface area (Å²) in [6, 6.07) is 77.2. The van der Waals surface area contributed by atoms with Crippen molar-refractivity contribution in [3.05, 3.63) is 246 Å². The van der Waals surface area contributed by atoms with E-state index in [9.17, 15) is 15.8 Å². The molecule has 12 aromatic rings. The first-order chi connectivity index (χ1) is 37.0. The van der Waals surface area contributed by atoms with Gasteiger partial charge < -0.3 is 4.57 Å². The zero-order chi connectivity index (χ0) is 50.8. The van der Waals surface area contributed by atoms with E-state index in [0.717, 1.165) is 72.1 Å². The molecule has 3 aromatic heterocycles. The van der Waals surface area contributed by atoms with Gasteiger partial charge in [-0.25, -0.2) is 29.8 Å². The van der Waals surface area contributed by atoms with Gasteiger partial charge in [-0.15, -0.1) is 0 Å². The molecule has 10 heteroatoms. The van der Waals surface area contributed by atoms with Gasteiger partial charge >= 0.3 is 0 Å². The number of benzene rings is 9. The summed E-state index contributed by atoms with van der Waals surface area (Å²) >= 11 is 0. The van der Waals surface area contributed by atoms with Gasteiger partial charge in [0.25, 0.3) is 0 Å². The monoisotopic (exact) mass is 956 g/mol. The Kier molecular flexibility index (Phi) is 11.5. The lowest BCUT2D eigenvalue weighted by Crippen LogP contribution is -2.03. The normalized spacial score (nSPS) is 10.9. The fourth-order valence-corrected chi connectivity index (χ4v) is 9.58. The van der Waals surface area contributed by atoms with Crippen molar-refractivity contribution in [1.29, 1.82) is 15.8 Å². The summed E-state index contributed by atoms with van der Waals surface area (Å²) in [7, 11) is 0. The first-order valence-corrected chi connectivity index (χ1v) is 23.9. The molecule has 0 saturated heterocycles. The quantitative estimate of drug-likeness (QED) is 0.130. The smallest absolute Gasteiger partial charge is 0.196 e. The standard InChI is InChI=1S/C65H36N10/c1-69-57-33-42(39-67)23-28-52(57)48-25-30-54-53-29-24-47(51-27-22-41(38-66)32-50(51)40-68)35-60(53)75(61(54)36-48)59-31-26-49(65-73-63(45-18-10-4-11-19-45)72-64(74-65)46-20-12-5-13-21-46)34-55(59)58-37-56(43-14-6-2-7-15-43)70-62(71-58)44-16-8-3-9-17-44/h2-37H. The van der Waals surface area contributed by atoms with Gasteiger partial charge in [-0.1, -0.05) is 158 Å². The Balaban J connectivity index is 1.19. The van der Waals surface area contributed by atoms with Gasteiger partial charge in [-0.2, -0.15) is 15.8 Å². The Hall–Kier alpha value is -11.2. The molecule has 0 bridgehead atoms. The van der Waals surface area contributed by atoms with E-state index in [0.29, 0.717) is 68.1 Å². The third-order valence-electron chi connectivity index (χ3n) is 13.2. The third-order valence-corrected chi connectivity index (χ3v) is 13.2. The molecular weight excluding hydrogens is 921 g/mol. The first kappa shape index (κ1) is 45.0. The molecule has 12 rings (SSSR count). The SMILES string of the molecule is [C-]#[N+]c1cc(C#N)ccc1-c1ccc2c3ccc(-c4ccc(C#N)cc4C#N)cc3n(-c3ccc(-c4nc(-c5ccccc5)nc(-c5ccccc5)n4)cc3-c3cc(-c4ccccc4)nc(-c4ccccc4)n3)c2c1. The molecule has 0 aliphatic carbocycles. The van der Waals surface area contributed by atoms with E-state index in [-0.39, 0.29) is 0 Å². The molecule has 0 N–H and O–H groups in total. The molecule has 0 spiro atoms. The summed E-state index contributed by atoms with van der Waals surface area (Å²) in [6.07, 6.45) is 0. The van der Waals surface area contributed by atoms with Crippen molar-refractivity contribution in [2.45, 2.75) is 0 Å². The highest BCUT2D eigenvalue weighted by Gasteiger charge is 2.23. The highest BCUT2D eigenvalue weighted by Crippen LogP contribution is 2.43. The molecule has 0 radical (unpaired) electrons. The van der Waals surface area contributed by atoms with Crippen LogP contribution in [0.25, 0.3) is 123 Å². The summed E-state index contributed by atoms with van der Waals surface area (Å²) in [5.74, 6) is 2.03. The Morgan fingerprint density at radius 3 is 1.36 bits per heavy atom. The van der Waals surface area contributed by atoms with Crippen molar-refractivity contribution in [3.63, 3.8) is 0 Å². The largest absolute Gasteiger partial charge is 0.309 e. The van der Waals surface area contributed by atoms with Gasteiger partial charge in [0, 0.05) is 49.7 Å². The van der Waals surface area contributed by atoms with Crippen LogP contribution in [-0.2, 0) is 0 Å². The van der Waals surface area contributed by atoms with Crippen LogP contribution in [0.3, 0.4) is 0 Å². The topological polar surface area (TPSA) is 145 Å². The molecule has 346 valence electrons. The molecule has 0 aliphatic heterocycles. The van der Waals surface area contributed by atoms with Crippen molar-refractivity contribution in [3.8, 4) is 114 Å². The van der Waals surface area contributed by atoms with Crippen LogP contribution in [0.4, 0.5) is 5.69 Å². The van der Waals surface area contributed by atoms with Crippen LogP contribution in [0.2, 0.25) is 0 Å². The van der Waals surface area contributed by atoms with Gasteiger partial charge in [0.1, 0.15) is 0 Å². The van der Waals surface area contributed by atoms with E-state index >= 15 is 0 Å². The van der Waals surface area contributed by atoms with Crippen LogP contribution >= 0.6 is 0 Å². The number of nitriles is 3. The van der Waals surface area contributed by atoms with Gasteiger partial charge in [-0.05, 0) is 82.9 Å². The minimum Gasteiger partial charge on any atom is -0.309 e. The molecule has 0 saturated carbocycles. The Morgan fingerprint density at radius 1 is 0.360 bits per heavy atom. The molecule has 0 atom stereocenters. The number of aromatic nitrogens is 6. The summed E-state index contributed by atoms with van der Waals surface area (Å²) in [5, 5.41) is 31.8. The Labute approximate surface area is 431 Å². The van der Waals surface area contributed by atoms with Crippen molar-refractivity contribution in [2.24, 2.45) is 0 Å². The maximum absolute atomic E-state index is 10.4. The maximum Gasteiger partial charge on any atom is 0.196 e. The van der Waals surface area contributed by atoms with Gasteiger partial charge in [0.2, 0.25) is 0 Å². The fourth-order valence-electron chi connectivity index (χ4n) is 9.58. The molecule has 3 heterocycles. The van der Waals surface area contributed by atoms with E-state index in [1.807, 2.05) is 158 Å². The van der Waals surface area contributed by atoms with E-state index in [1.54, 1.807) is 24.3 Å². The van der Waals surface area contributed by atoms with E-state index in [1.165, 1.54) is 0 Å². The molecule has 0 unspecified atom stereocenters. The molecule has 0 aliphatic rings. The average molecular weight is 957 g/mol. The van der Waals surface area contributed by atoms with Crippen LogP contribution in [0.1, 0.15) is 16.7 Å². The van der Waals surface area contributed by atoms with Gasteiger partial charge in [-0.3, -0.25) is 0 Å². The zero-order valence-electron chi connectivity index (χ0n) is 39.8. The van der Waals surface area contributed by atoms with Crippen molar-refractivity contribution < 1.29 is 0 Å². The van der Waals surface area contributed by atoms with Crippen LogP contribution in [0, 0.1) is 40.6 Å². The minimum atomic E-state index is 0.359.